The van der Waals surface area contributed by atoms with Crippen molar-refractivity contribution in [3.63, 3.8) is 0 Å². The van der Waals surface area contributed by atoms with Crippen molar-refractivity contribution in [2.75, 3.05) is 74.1 Å². The lowest BCUT2D eigenvalue weighted by Gasteiger charge is -2.38. The number of nitrogens with zero attached hydrogens (tertiary/aromatic N) is 7. The number of hydrogen-bond acceptors (Lipinski definition) is 14. The highest BCUT2D eigenvalue weighted by molar-refractivity contribution is 7.22. The van der Waals surface area contributed by atoms with Gasteiger partial charge in [-0.05, 0) is 135 Å². The van der Waals surface area contributed by atoms with Crippen LogP contribution in [0.25, 0.3) is 21.3 Å². The molecule has 402 valence electrons. The normalized spacial score (nSPS) is 18.7. The molecule has 20 heteroatoms. The molecule has 4 aromatic carbocycles. The number of unbranched alkanes of at least 4 members (excludes halogenated alkanes) is 1. The second-order valence-corrected chi connectivity index (χ2v) is 21.6. The van der Waals surface area contributed by atoms with E-state index in [9.17, 15) is 38.7 Å². The molecular weight excluding hydrogens is 1020 g/mol. The third kappa shape index (κ3) is 10.5. The summed E-state index contributed by atoms with van der Waals surface area (Å²) in [6.07, 6.45) is 5.44. The Kier molecular flexibility index (Phi) is 14.7. The van der Waals surface area contributed by atoms with Gasteiger partial charge in [0.15, 0.2) is 10.8 Å². The molecule has 0 aliphatic carbocycles. The van der Waals surface area contributed by atoms with Crippen LogP contribution >= 0.6 is 11.3 Å². The Morgan fingerprint density at radius 2 is 1.62 bits per heavy atom. The Labute approximate surface area is 453 Å². The summed E-state index contributed by atoms with van der Waals surface area (Å²) in [6.45, 7) is 6.70. The van der Waals surface area contributed by atoms with Crippen LogP contribution in [0.3, 0.4) is 0 Å². The van der Waals surface area contributed by atoms with Gasteiger partial charge in [0.2, 0.25) is 17.7 Å². The second kappa shape index (κ2) is 22.1. The van der Waals surface area contributed by atoms with Crippen LogP contribution in [0.4, 0.5) is 21.0 Å². The van der Waals surface area contributed by atoms with Crippen molar-refractivity contribution in [2.24, 2.45) is 5.92 Å². The van der Waals surface area contributed by atoms with Crippen LogP contribution in [0.15, 0.2) is 84.9 Å². The van der Waals surface area contributed by atoms with Crippen molar-refractivity contribution in [1.82, 2.24) is 30.0 Å². The molecule has 6 aromatic rings. The third-order valence-corrected chi connectivity index (χ3v) is 16.7. The number of aromatic nitrogens is 2. The van der Waals surface area contributed by atoms with E-state index >= 15 is 4.39 Å². The van der Waals surface area contributed by atoms with Crippen molar-refractivity contribution in [3.8, 4) is 16.9 Å². The number of ether oxygens (including phenoxy) is 1. The molecule has 11 rings (SSSR count). The maximum absolute atomic E-state index is 15.5. The number of anilines is 3. The average molecular weight is 1080 g/mol. The number of nitrogens with one attached hydrogen (secondary N) is 2. The summed E-state index contributed by atoms with van der Waals surface area (Å²) in [5, 5.41) is 16.2. The van der Waals surface area contributed by atoms with Gasteiger partial charge in [0.1, 0.15) is 23.4 Å². The molecule has 2 unspecified atom stereocenters. The van der Waals surface area contributed by atoms with Crippen molar-refractivity contribution in [2.45, 2.75) is 70.9 Å². The number of fused-ring (bicyclic) bond motifs is 3. The number of hydrogen-bond donors (Lipinski definition) is 3. The molecule has 7 heterocycles. The molecule has 3 fully saturated rings. The van der Waals surface area contributed by atoms with E-state index in [1.807, 2.05) is 72.5 Å². The number of halogens is 1. The number of likely N-dealkylation sites (tertiary alicyclic amines) is 1. The third-order valence-electron chi connectivity index (χ3n) is 15.7. The summed E-state index contributed by atoms with van der Waals surface area (Å²) < 4.78 is 22.8. The van der Waals surface area contributed by atoms with Gasteiger partial charge >= 0.3 is 5.97 Å². The number of carbonyl (C=O) groups is 7. The van der Waals surface area contributed by atoms with E-state index in [-0.39, 0.29) is 53.7 Å². The Balaban J connectivity index is 0.645. The largest absolute Gasteiger partial charge is 0.493 e. The van der Waals surface area contributed by atoms with Crippen LogP contribution in [0.2, 0.25) is 0 Å². The Morgan fingerprint density at radius 1 is 0.821 bits per heavy atom. The van der Waals surface area contributed by atoms with E-state index in [4.69, 9.17) is 9.72 Å². The quantitative estimate of drug-likeness (QED) is 0.0679. The monoisotopic (exact) mass is 1080 g/mol. The molecule has 0 saturated carbocycles. The number of thiazole rings is 1. The van der Waals surface area contributed by atoms with E-state index in [1.54, 1.807) is 21.9 Å². The summed E-state index contributed by atoms with van der Waals surface area (Å²) in [5.74, 6) is -3.15. The molecule has 78 heavy (non-hydrogen) atoms. The summed E-state index contributed by atoms with van der Waals surface area (Å²) in [4.78, 5) is 109. The standard InChI is InChI=1S/C58H58FN9O9S/c1-34-37(38-17-19-49(61-52(38)57(75)76)67-23-21-36-11-6-13-39(42(36)32-67)53(71)63-58-60-44-14-2-3-16-48(44)78-58)12-7-15-47(34)77-28-5-4-9-35-10-8-22-64(31-35)33-51(70)66-26-24-65(25-27-66)46-30-41-40(29-43(46)59)55(73)68(56(41)74)45-18-20-50(69)62-54(45)72/h2-3,6-7,11-17,19,29-30,35,45H,4-5,8-10,18,20-28,31-33H2,1H3,(H,75,76)(H,60,63,71)(H,62,69,72). The zero-order valence-corrected chi connectivity index (χ0v) is 43.9. The van der Waals surface area contributed by atoms with E-state index in [2.05, 4.69) is 20.5 Å². The first-order chi connectivity index (χ1) is 37.8. The van der Waals surface area contributed by atoms with Crippen molar-refractivity contribution in [1.29, 1.82) is 0 Å². The van der Waals surface area contributed by atoms with Crippen LogP contribution in [-0.2, 0) is 27.3 Å². The molecule has 2 atom stereocenters. The van der Waals surface area contributed by atoms with Crippen LogP contribution in [0, 0.1) is 18.7 Å². The zero-order valence-electron chi connectivity index (χ0n) is 43.1. The first-order valence-corrected chi connectivity index (χ1v) is 27.4. The number of piperidine rings is 2. The Morgan fingerprint density at radius 3 is 2.41 bits per heavy atom. The van der Waals surface area contributed by atoms with Crippen LogP contribution in [0.1, 0.15) is 103 Å². The summed E-state index contributed by atoms with van der Waals surface area (Å²) in [7, 11) is 0. The van der Waals surface area contributed by atoms with Crippen LogP contribution in [0.5, 0.6) is 5.75 Å². The van der Waals surface area contributed by atoms with Gasteiger partial charge < -0.3 is 24.5 Å². The Hall–Kier alpha value is -8.10. The van der Waals surface area contributed by atoms with Gasteiger partial charge in [-0.25, -0.2) is 19.2 Å². The number of carboxylic acid groups (broad SMARTS) is 1. The fourth-order valence-corrected chi connectivity index (χ4v) is 12.5. The van der Waals surface area contributed by atoms with Gasteiger partial charge in [-0.1, -0.05) is 47.7 Å². The molecule has 6 amide bonds. The smallest absolute Gasteiger partial charge is 0.355 e. The number of para-hydroxylation sites is 1. The van der Waals surface area contributed by atoms with Crippen LogP contribution < -0.4 is 25.2 Å². The van der Waals surface area contributed by atoms with E-state index in [0.717, 1.165) is 83.1 Å². The highest BCUT2D eigenvalue weighted by atomic mass is 32.1. The minimum Gasteiger partial charge on any atom is -0.493 e. The molecule has 3 saturated heterocycles. The van der Waals surface area contributed by atoms with Gasteiger partial charge in [-0.2, -0.15) is 0 Å². The molecule has 18 nitrogen and oxygen atoms in total. The molecule has 0 bridgehead atoms. The first kappa shape index (κ1) is 52.0. The highest BCUT2D eigenvalue weighted by Gasteiger charge is 2.45. The van der Waals surface area contributed by atoms with Gasteiger partial charge in [0.05, 0.1) is 40.2 Å². The Bertz CT molecular complexity index is 3380. The topological polar surface area (TPSA) is 215 Å². The highest BCUT2D eigenvalue weighted by Crippen LogP contribution is 2.37. The van der Waals surface area contributed by atoms with Gasteiger partial charge in [0.25, 0.3) is 17.7 Å². The average Bonchev–Trinajstić information content (AvgIpc) is 4.14. The molecule has 2 aromatic heterocycles. The molecule has 5 aliphatic heterocycles. The minimum absolute atomic E-state index is 0.00370. The number of amides is 6. The molecule has 3 N–H and O–H groups in total. The van der Waals surface area contributed by atoms with Gasteiger partial charge in [0, 0.05) is 63.4 Å². The SMILES string of the molecule is Cc1c(OCCCCC2CCCN(CC(=O)N3CCN(c4cc5c(cc4F)C(=O)N(C4CCC(=O)NC4=O)C5=O)CC3)C2)cccc1-c1ccc(N2CCc3cccc(C(=O)Nc4nc5ccccc5s4)c3C2)nc1C(=O)O. The van der Waals surface area contributed by atoms with E-state index in [1.165, 1.54) is 17.4 Å². The number of carboxylic acids is 1. The maximum atomic E-state index is 15.5. The van der Waals surface area contributed by atoms with Gasteiger partial charge in [-0.3, -0.25) is 49.2 Å². The lowest BCUT2D eigenvalue weighted by Crippen LogP contribution is -2.54. The number of piperazine rings is 1. The molecule has 0 spiro atoms. The number of pyridine rings is 1. The number of imide groups is 2. The van der Waals surface area contributed by atoms with Crippen molar-refractivity contribution < 1.29 is 47.8 Å². The predicted molar refractivity (Wildman–Crippen MR) is 291 cm³/mol. The molecule has 5 aliphatic rings. The number of rotatable bonds is 15. The predicted octanol–water partition coefficient (Wildman–Crippen LogP) is 7.33. The van der Waals surface area contributed by atoms with Crippen LogP contribution in [-0.4, -0.2) is 136 Å². The lowest BCUT2D eigenvalue weighted by atomic mass is 9.93. The lowest BCUT2D eigenvalue weighted by molar-refractivity contribution is -0.136. The first-order valence-electron chi connectivity index (χ1n) is 26.6. The number of carbonyl (C=O) groups excluding carboxylic acids is 6. The summed E-state index contributed by atoms with van der Waals surface area (Å²) in [5.41, 5.74) is 5.25. The molecule has 0 radical (unpaired) electrons. The number of benzene rings is 4. The minimum atomic E-state index is -1.15. The summed E-state index contributed by atoms with van der Waals surface area (Å²) in [6, 6.07) is 24.0. The zero-order chi connectivity index (χ0) is 54.2. The fraction of sp³-hybridized carbons (Fsp3) is 0.362. The van der Waals surface area contributed by atoms with E-state index < -0.39 is 41.5 Å². The summed E-state index contributed by atoms with van der Waals surface area (Å²) >= 11 is 1.42. The van der Waals surface area contributed by atoms with Gasteiger partial charge in [-0.15, -0.1) is 0 Å². The maximum Gasteiger partial charge on any atom is 0.355 e. The van der Waals surface area contributed by atoms with Crippen molar-refractivity contribution >= 4 is 79.6 Å². The molecular formula is C58H58FN9O9S. The van der Waals surface area contributed by atoms with Crippen molar-refractivity contribution in [3.05, 3.63) is 130 Å². The second-order valence-electron chi connectivity index (χ2n) is 20.6. The number of aromatic carboxylic acids is 1. The fourth-order valence-electron chi connectivity index (χ4n) is 11.6. The van der Waals surface area contributed by atoms with E-state index in [0.29, 0.717) is 91.6 Å².